The average Bonchev–Trinajstić information content (AvgIpc) is 1.89. The van der Waals surface area contributed by atoms with Gasteiger partial charge in [-0.15, -0.1) is 0 Å². The second kappa shape index (κ2) is 4.06. The SMILES string of the molecule is CO[Si](C)(C=CCl)OC. The molecule has 0 radical (unpaired) electrons. The van der Waals surface area contributed by atoms with Gasteiger partial charge in [0.15, 0.2) is 0 Å². The Morgan fingerprint density at radius 3 is 1.89 bits per heavy atom. The van der Waals surface area contributed by atoms with Crippen LogP contribution in [0.4, 0.5) is 0 Å². The number of halogens is 1. The molecule has 0 aliphatic heterocycles. The fourth-order valence-corrected chi connectivity index (χ4v) is 1.69. The largest absolute Gasteiger partial charge is 0.395 e. The highest BCUT2D eigenvalue weighted by molar-refractivity contribution is 6.71. The van der Waals surface area contributed by atoms with E-state index in [4.69, 9.17) is 20.5 Å². The average molecular weight is 167 g/mol. The molecule has 4 heteroatoms. The zero-order valence-electron chi connectivity index (χ0n) is 5.85. The third kappa shape index (κ3) is 3.00. The first-order chi connectivity index (χ1) is 4.18. The van der Waals surface area contributed by atoms with Crippen molar-refractivity contribution in [1.29, 1.82) is 0 Å². The summed E-state index contributed by atoms with van der Waals surface area (Å²) in [7, 11) is 1.23. The lowest BCUT2D eigenvalue weighted by molar-refractivity contribution is 0.264. The predicted octanol–water partition coefficient (Wildman–Crippen LogP) is 1.64. The number of rotatable bonds is 3. The van der Waals surface area contributed by atoms with Gasteiger partial charge < -0.3 is 8.85 Å². The summed E-state index contributed by atoms with van der Waals surface area (Å²) >= 11 is 5.34. The maximum absolute atomic E-state index is 5.34. The molecule has 0 bridgehead atoms. The summed E-state index contributed by atoms with van der Waals surface area (Å²) in [4.78, 5) is 0. The van der Waals surface area contributed by atoms with E-state index in [0.29, 0.717) is 0 Å². The molecule has 0 saturated carbocycles. The van der Waals surface area contributed by atoms with Crippen LogP contribution in [-0.2, 0) is 8.85 Å². The lowest BCUT2D eigenvalue weighted by atomic mass is 11.2. The van der Waals surface area contributed by atoms with E-state index in [1.165, 1.54) is 5.54 Å². The summed E-state index contributed by atoms with van der Waals surface area (Å²) in [6.45, 7) is 1.91. The summed E-state index contributed by atoms with van der Waals surface area (Å²) in [5.74, 6) is 0. The van der Waals surface area contributed by atoms with Crippen LogP contribution < -0.4 is 0 Å². The van der Waals surface area contributed by atoms with E-state index < -0.39 is 8.56 Å². The Morgan fingerprint density at radius 1 is 1.33 bits per heavy atom. The van der Waals surface area contributed by atoms with Gasteiger partial charge in [-0.05, 0) is 12.2 Å². The highest BCUT2D eigenvalue weighted by atomic mass is 35.5. The summed E-state index contributed by atoms with van der Waals surface area (Å²) < 4.78 is 10.1. The van der Waals surface area contributed by atoms with Crippen molar-refractivity contribution in [2.45, 2.75) is 6.55 Å². The normalized spacial score (nSPS) is 12.9. The van der Waals surface area contributed by atoms with E-state index in [9.17, 15) is 0 Å². The molecular formula is C5H11ClO2Si. The van der Waals surface area contributed by atoms with Crippen LogP contribution in [0.2, 0.25) is 6.55 Å². The highest BCUT2D eigenvalue weighted by Gasteiger charge is 2.23. The van der Waals surface area contributed by atoms with Gasteiger partial charge in [-0.1, -0.05) is 11.6 Å². The lowest BCUT2D eigenvalue weighted by Crippen LogP contribution is -2.33. The second-order valence-electron chi connectivity index (χ2n) is 1.72. The van der Waals surface area contributed by atoms with Crippen molar-refractivity contribution in [3.05, 3.63) is 11.2 Å². The molecule has 0 aliphatic carbocycles. The molecule has 0 heterocycles. The third-order valence-electron chi connectivity index (χ3n) is 1.18. The molecule has 0 N–H and O–H groups in total. The molecule has 0 aromatic carbocycles. The Hall–Kier alpha value is 0.167. The first-order valence-corrected chi connectivity index (χ1v) is 5.40. The summed E-state index contributed by atoms with van der Waals surface area (Å²) in [5.41, 5.74) is 3.19. The Labute approximate surface area is 61.7 Å². The minimum absolute atomic E-state index is 1.43. The molecule has 2 nitrogen and oxygen atoms in total. The van der Waals surface area contributed by atoms with Crippen LogP contribution in [0, 0.1) is 0 Å². The maximum atomic E-state index is 5.34. The van der Waals surface area contributed by atoms with Crippen LogP contribution >= 0.6 is 11.6 Å². The van der Waals surface area contributed by atoms with Crippen molar-refractivity contribution >= 4 is 20.2 Å². The molecule has 0 aromatic heterocycles. The maximum Gasteiger partial charge on any atom is 0.362 e. The Bertz CT molecular complexity index is 101. The van der Waals surface area contributed by atoms with Crippen LogP contribution in [0.3, 0.4) is 0 Å². The van der Waals surface area contributed by atoms with Crippen LogP contribution in [0.1, 0.15) is 0 Å². The van der Waals surface area contributed by atoms with Gasteiger partial charge in [0, 0.05) is 19.8 Å². The molecule has 0 amide bonds. The van der Waals surface area contributed by atoms with Gasteiger partial charge in [-0.2, -0.15) is 0 Å². The molecule has 0 fully saturated rings. The second-order valence-corrected chi connectivity index (χ2v) is 5.15. The quantitative estimate of drug-likeness (QED) is 0.594. The smallest absolute Gasteiger partial charge is 0.362 e. The lowest BCUT2D eigenvalue weighted by Gasteiger charge is -2.17. The summed E-state index contributed by atoms with van der Waals surface area (Å²) in [5, 5.41) is 0. The van der Waals surface area contributed by atoms with Crippen molar-refractivity contribution < 1.29 is 8.85 Å². The van der Waals surface area contributed by atoms with Crippen molar-refractivity contribution in [1.82, 2.24) is 0 Å². The molecule has 0 rings (SSSR count). The Balaban J connectivity index is 3.92. The minimum Gasteiger partial charge on any atom is -0.395 e. The molecule has 9 heavy (non-hydrogen) atoms. The van der Waals surface area contributed by atoms with Crippen LogP contribution in [0.5, 0.6) is 0 Å². The van der Waals surface area contributed by atoms with E-state index in [0.717, 1.165) is 0 Å². The number of hydrogen-bond donors (Lipinski definition) is 0. The zero-order chi connectivity index (χ0) is 7.33. The van der Waals surface area contributed by atoms with Gasteiger partial charge in [-0.3, -0.25) is 0 Å². The monoisotopic (exact) mass is 166 g/mol. The Kier molecular flexibility index (Phi) is 4.13. The van der Waals surface area contributed by atoms with Crippen molar-refractivity contribution in [3.63, 3.8) is 0 Å². The van der Waals surface area contributed by atoms with E-state index in [1.807, 2.05) is 6.55 Å². The van der Waals surface area contributed by atoms with Gasteiger partial charge in [0.05, 0.1) is 0 Å². The predicted molar refractivity (Wildman–Crippen MR) is 40.6 cm³/mol. The third-order valence-corrected chi connectivity index (χ3v) is 3.91. The molecule has 0 aliphatic rings. The molecule has 0 atom stereocenters. The number of hydrogen-bond acceptors (Lipinski definition) is 2. The highest BCUT2D eigenvalue weighted by Crippen LogP contribution is 2.05. The molecule has 54 valence electrons. The van der Waals surface area contributed by atoms with Gasteiger partial charge in [0.2, 0.25) is 0 Å². The van der Waals surface area contributed by atoms with E-state index >= 15 is 0 Å². The molecule has 0 aromatic rings. The van der Waals surface area contributed by atoms with E-state index in [2.05, 4.69) is 0 Å². The van der Waals surface area contributed by atoms with Gasteiger partial charge in [-0.25, -0.2) is 0 Å². The van der Waals surface area contributed by atoms with Crippen LogP contribution in [0.25, 0.3) is 0 Å². The molecule has 0 saturated heterocycles. The van der Waals surface area contributed by atoms with E-state index in [1.54, 1.807) is 19.9 Å². The van der Waals surface area contributed by atoms with Crippen molar-refractivity contribution in [2.75, 3.05) is 14.2 Å². The first-order valence-electron chi connectivity index (χ1n) is 2.56. The van der Waals surface area contributed by atoms with Crippen LogP contribution in [0.15, 0.2) is 11.2 Å². The Morgan fingerprint density at radius 2 is 1.78 bits per heavy atom. The summed E-state index contributed by atoms with van der Waals surface area (Å²) in [6.07, 6.45) is 0. The van der Waals surface area contributed by atoms with Gasteiger partial charge in [0.25, 0.3) is 0 Å². The molecular weight excluding hydrogens is 156 g/mol. The zero-order valence-corrected chi connectivity index (χ0v) is 7.61. The fourth-order valence-electron chi connectivity index (χ4n) is 0.334. The van der Waals surface area contributed by atoms with E-state index in [-0.39, 0.29) is 0 Å². The van der Waals surface area contributed by atoms with Crippen molar-refractivity contribution in [3.8, 4) is 0 Å². The van der Waals surface area contributed by atoms with Gasteiger partial charge >= 0.3 is 8.56 Å². The van der Waals surface area contributed by atoms with Gasteiger partial charge in [0.1, 0.15) is 0 Å². The van der Waals surface area contributed by atoms with Crippen LogP contribution in [-0.4, -0.2) is 22.8 Å². The molecule has 0 unspecified atom stereocenters. The molecule has 0 spiro atoms. The minimum atomic E-state index is -2.01. The topological polar surface area (TPSA) is 18.5 Å². The van der Waals surface area contributed by atoms with Crippen molar-refractivity contribution in [2.24, 2.45) is 0 Å². The standard InChI is InChI=1S/C5H11ClO2Si/c1-7-9(3,8-2)5-4-6/h4-5H,1-3H3. The fraction of sp³-hybridized carbons (Fsp3) is 0.600. The first kappa shape index (κ1) is 9.17. The summed E-state index contributed by atoms with van der Waals surface area (Å²) in [6, 6.07) is 0.